The van der Waals surface area contributed by atoms with Gasteiger partial charge in [0.1, 0.15) is 11.2 Å². The summed E-state index contributed by atoms with van der Waals surface area (Å²) in [6.07, 6.45) is 0. The zero-order chi connectivity index (χ0) is 17.8. The molecule has 7 nitrogen and oxygen atoms in total. The monoisotopic (exact) mass is 364 g/mol. The second-order valence-corrected chi connectivity index (χ2v) is 6.29. The summed E-state index contributed by atoms with van der Waals surface area (Å²) in [4.78, 5) is 15.4. The molecule has 0 atom stereocenters. The van der Waals surface area contributed by atoms with Crippen molar-refractivity contribution in [3.8, 4) is 6.07 Å². The summed E-state index contributed by atoms with van der Waals surface area (Å²) >= 11 is 1.23. The summed E-state index contributed by atoms with van der Waals surface area (Å²) in [5, 5.41) is 19.2. The molecule has 10 heteroatoms. The van der Waals surface area contributed by atoms with Crippen LogP contribution >= 0.6 is 11.3 Å². The van der Waals surface area contributed by atoms with E-state index in [1.54, 1.807) is 11.0 Å². The van der Waals surface area contributed by atoms with Crippen LogP contribution in [0.1, 0.15) is 5.56 Å². The minimum absolute atomic E-state index is 0.0502. The number of nitrogens with zero attached hydrogens (tertiary/aromatic N) is 5. The summed E-state index contributed by atoms with van der Waals surface area (Å²) in [7, 11) is 0. The Morgan fingerprint density at radius 3 is 2.52 bits per heavy atom. The Bertz CT molecular complexity index is 776. The van der Waals surface area contributed by atoms with Crippen molar-refractivity contribution in [1.82, 2.24) is 15.1 Å². The number of piperazine rings is 1. The van der Waals surface area contributed by atoms with Gasteiger partial charge in [-0.1, -0.05) is 11.3 Å². The molecule has 1 aliphatic rings. The van der Waals surface area contributed by atoms with Crippen LogP contribution < -0.4 is 10.2 Å². The quantitative estimate of drug-likeness (QED) is 0.884. The zero-order valence-electron chi connectivity index (χ0n) is 13.1. The topological polar surface area (TPSA) is 85.2 Å². The van der Waals surface area contributed by atoms with E-state index in [9.17, 15) is 13.6 Å². The van der Waals surface area contributed by atoms with E-state index in [4.69, 9.17) is 5.26 Å². The first-order valence-electron chi connectivity index (χ1n) is 7.49. The van der Waals surface area contributed by atoms with Crippen molar-refractivity contribution in [2.24, 2.45) is 0 Å². The minimum atomic E-state index is -0.751. The number of rotatable bonds is 4. The van der Waals surface area contributed by atoms with Crippen LogP contribution in [0.15, 0.2) is 17.6 Å². The molecular formula is C15H14F2N6OS. The van der Waals surface area contributed by atoms with Crippen LogP contribution in [-0.2, 0) is 4.79 Å². The van der Waals surface area contributed by atoms with E-state index < -0.39 is 11.6 Å². The van der Waals surface area contributed by atoms with E-state index in [1.807, 2.05) is 4.90 Å². The van der Waals surface area contributed by atoms with Crippen molar-refractivity contribution in [3.05, 3.63) is 34.8 Å². The van der Waals surface area contributed by atoms with Gasteiger partial charge in [0.25, 0.3) is 0 Å². The highest BCUT2D eigenvalue weighted by Gasteiger charge is 2.24. The van der Waals surface area contributed by atoms with E-state index in [0.717, 1.165) is 12.1 Å². The van der Waals surface area contributed by atoms with Gasteiger partial charge in [0.05, 0.1) is 18.2 Å². The van der Waals surface area contributed by atoms with Crippen molar-refractivity contribution in [3.63, 3.8) is 0 Å². The third-order valence-electron chi connectivity index (χ3n) is 3.81. The molecule has 0 radical (unpaired) electrons. The van der Waals surface area contributed by atoms with E-state index in [-0.39, 0.29) is 23.7 Å². The number of nitrogens with one attached hydrogen (secondary N) is 1. The van der Waals surface area contributed by atoms with E-state index in [2.05, 4.69) is 15.5 Å². The molecule has 25 heavy (non-hydrogen) atoms. The maximum Gasteiger partial charge on any atom is 0.240 e. The first-order chi connectivity index (χ1) is 12.1. The molecule has 1 aliphatic heterocycles. The van der Waals surface area contributed by atoms with Crippen LogP contribution in [0.3, 0.4) is 0 Å². The largest absolute Gasteiger partial charge is 0.364 e. The summed E-state index contributed by atoms with van der Waals surface area (Å²) in [6.45, 7) is 1.91. The van der Waals surface area contributed by atoms with Gasteiger partial charge >= 0.3 is 0 Å². The first kappa shape index (κ1) is 17.2. The highest BCUT2D eigenvalue weighted by atomic mass is 32.1. The van der Waals surface area contributed by atoms with Crippen LogP contribution in [0.4, 0.5) is 19.6 Å². The lowest BCUT2D eigenvalue weighted by Crippen LogP contribution is -2.49. The maximum atomic E-state index is 14.1. The number of hydrogen-bond acceptors (Lipinski definition) is 7. The molecule has 0 unspecified atom stereocenters. The van der Waals surface area contributed by atoms with Crippen molar-refractivity contribution >= 4 is 28.1 Å². The van der Waals surface area contributed by atoms with Gasteiger partial charge in [-0.15, -0.1) is 10.2 Å². The van der Waals surface area contributed by atoms with Crippen molar-refractivity contribution in [2.75, 3.05) is 42.9 Å². The Hall–Kier alpha value is -2.64. The predicted octanol–water partition coefficient (Wildman–Crippen LogP) is 1.45. The normalized spacial score (nSPS) is 15.0. The molecule has 0 aliphatic carbocycles. The SMILES string of the molecule is N#Cc1cc(F)c(N2CCN(CC(=O)Nc3nncs3)CC2)c(F)c1. The summed E-state index contributed by atoms with van der Waals surface area (Å²) < 4.78 is 28.2. The maximum absolute atomic E-state index is 14.1. The van der Waals surface area contributed by atoms with Crippen molar-refractivity contribution < 1.29 is 13.6 Å². The van der Waals surface area contributed by atoms with Crippen molar-refractivity contribution in [2.45, 2.75) is 0 Å². The predicted molar refractivity (Wildman–Crippen MR) is 88.3 cm³/mol. The van der Waals surface area contributed by atoms with Gasteiger partial charge in [0.15, 0.2) is 11.6 Å². The molecule has 2 heterocycles. The molecule has 1 fully saturated rings. The van der Waals surface area contributed by atoms with Gasteiger partial charge in [0, 0.05) is 26.2 Å². The average Bonchev–Trinajstić information content (AvgIpc) is 3.08. The Kier molecular flexibility index (Phi) is 5.16. The summed E-state index contributed by atoms with van der Waals surface area (Å²) in [5.41, 5.74) is 1.34. The lowest BCUT2D eigenvalue weighted by molar-refractivity contribution is -0.117. The fourth-order valence-corrected chi connectivity index (χ4v) is 3.11. The molecule has 130 valence electrons. The lowest BCUT2D eigenvalue weighted by atomic mass is 10.1. The first-order valence-corrected chi connectivity index (χ1v) is 8.37. The number of benzene rings is 1. The molecule has 1 aromatic heterocycles. The van der Waals surface area contributed by atoms with Crippen LogP contribution in [0.2, 0.25) is 0 Å². The molecular weight excluding hydrogens is 350 g/mol. The highest BCUT2D eigenvalue weighted by Crippen LogP contribution is 2.26. The molecule has 2 aromatic rings. The van der Waals surface area contributed by atoms with Crippen molar-refractivity contribution in [1.29, 1.82) is 5.26 Å². The van der Waals surface area contributed by atoms with E-state index in [1.165, 1.54) is 16.8 Å². The molecule has 1 saturated heterocycles. The van der Waals surface area contributed by atoms with Crippen LogP contribution in [0.5, 0.6) is 0 Å². The van der Waals surface area contributed by atoms with E-state index in [0.29, 0.717) is 31.3 Å². The molecule has 3 rings (SSSR count). The molecule has 0 saturated carbocycles. The highest BCUT2D eigenvalue weighted by molar-refractivity contribution is 7.13. The number of carbonyl (C=O) groups is 1. The van der Waals surface area contributed by atoms with E-state index >= 15 is 0 Å². The number of aromatic nitrogens is 2. The molecule has 0 spiro atoms. The van der Waals surface area contributed by atoms with Crippen LogP contribution in [0, 0.1) is 23.0 Å². The number of carbonyl (C=O) groups excluding carboxylic acids is 1. The fourth-order valence-electron chi connectivity index (χ4n) is 2.65. The number of anilines is 2. The molecule has 1 N–H and O–H groups in total. The van der Waals surface area contributed by atoms with Gasteiger partial charge in [-0.2, -0.15) is 5.26 Å². The zero-order valence-corrected chi connectivity index (χ0v) is 13.9. The number of nitriles is 1. The molecule has 1 amide bonds. The second kappa shape index (κ2) is 7.50. The molecule has 1 aromatic carbocycles. The standard InChI is InChI=1S/C15H14F2N6OS/c16-11-5-10(7-18)6-12(17)14(11)23-3-1-22(2-4-23)8-13(24)20-15-21-19-9-25-15/h5-6,9H,1-4,8H2,(H,20,21,24). The lowest BCUT2D eigenvalue weighted by Gasteiger charge is -2.35. The van der Waals surface area contributed by atoms with Gasteiger partial charge in [-0.3, -0.25) is 15.0 Å². The Labute approximate surface area is 146 Å². The van der Waals surface area contributed by atoms with Gasteiger partial charge in [-0.25, -0.2) is 8.78 Å². The third-order valence-corrected chi connectivity index (χ3v) is 4.41. The molecule has 0 bridgehead atoms. The second-order valence-electron chi connectivity index (χ2n) is 5.46. The summed E-state index contributed by atoms with van der Waals surface area (Å²) in [6, 6.07) is 3.78. The Balaban J connectivity index is 1.57. The summed E-state index contributed by atoms with van der Waals surface area (Å²) in [5.74, 6) is -1.71. The van der Waals surface area contributed by atoms with Gasteiger partial charge in [0.2, 0.25) is 11.0 Å². The minimum Gasteiger partial charge on any atom is -0.364 e. The number of hydrogen-bond donors (Lipinski definition) is 1. The average molecular weight is 364 g/mol. The Morgan fingerprint density at radius 2 is 1.96 bits per heavy atom. The Morgan fingerprint density at radius 1 is 1.28 bits per heavy atom. The third kappa shape index (κ3) is 4.07. The smallest absolute Gasteiger partial charge is 0.240 e. The van der Waals surface area contributed by atoms with Crippen LogP contribution in [0.25, 0.3) is 0 Å². The van der Waals surface area contributed by atoms with Crippen LogP contribution in [-0.4, -0.2) is 53.7 Å². The number of amides is 1. The number of halogens is 2. The van der Waals surface area contributed by atoms with Gasteiger partial charge in [-0.05, 0) is 12.1 Å². The fraction of sp³-hybridized carbons (Fsp3) is 0.333. The van der Waals surface area contributed by atoms with Gasteiger partial charge < -0.3 is 4.90 Å².